The highest BCUT2D eigenvalue weighted by molar-refractivity contribution is 7.88. The molecule has 1 N–H and O–H groups in total. The van der Waals surface area contributed by atoms with Crippen LogP contribution in [0.25, 0.3) is 4.96 Å². The molecule has 2 aromatic heterocycles. The Hall–Kier alpha value is -1.27. The van der Waals surface area contributed by atoms with Gasteiger partial charge in [0, 0.05) is 13.0 Å². The van der Waals surface area contributed by atoms with E-state index in [2.05, 4.69) is 20.0 Å². The van der Waals surface area contributed by atoms with E-state index < -0.39 is 22.0 Å². The van der Waals surface area contributed by atoms with E-state index in [4.69, 9.17) is 0 Å². The fourth-order valence-corrected chi connectivity index (χ4v) is 2.58. The number of sulfonamides is 1. The van der Waals surface area contributed by atoms with Crippen LogP contribution >= 0.6 is 11.3 Å². The van der Waals surface area contributed by atoms with Gasteiger partial charge in [-0.25, -0.2) is 13.1 Å². The number of fused-ring (bicyclic) bond motifs is 1. The fourth-order valence-electron chi connectivity index (χ4n) is 1.28. The van der Waals surface area contributed by atoms with Crippen molar-refractivity contribution in [2.24, 2.45) is 0 Å². The molecular formula is C7H8F3N5O2S2. The molecule has 0 unspecified atom stereocenters. The molecular weight excluding hydrogens is 307 g/mol. The van der Waals surface area contributed by atoms with Crippen LogP contribution in [0.3, 0.4) is 0 Å². The first-order valence-corrected chi connectivity index (χ1v) is 7.60. The SMILES string of the molecule is CS(=O)(=O)NCCc1nn2c(C(F)(F)F)nnc2s1. The number of nitrogens with zero attached hydrogens (tertiary/aromatic N) is 4. The standard InChI is InChI=1S/C7H8F3N5O2S2/c1-19(16,17)11-3-2-4-14-15-5(7(8,9)10)12-13-6(15)18-4/h11H,2-3H2,1H3. The summed E-state index contributed by atoms with van der Waals surface area (Å²) >= 11 is 0.928. The second-order valence-electron chi connectivity index (χ2n) is 3.63. The summed E-state index contributed by atoms with van der Waals surface area (Å²) < 4.78 is 62.0. The Labute approximate surface area is 109 Å². The lowest BCUT2D eigenvalue weighted by Crippen LogP contribution is -2.24. The van der Waals surface area contributed by atoms with Crippen LogP contribution in [0.5, 0.6) is 0 Å². The van der Waals surface area contributed by atoms with Crippen molar-refractivity contribution in [1.29, 1.82) is 0 Å². The summed E-state index contributed by atoms with van der Waals surface area (Å²) in [6, 6.07) is 0. The number of nitrogens with one attached hydrogen (secondary N) is 1. The summed E-state index contributed by atoms with van der Waals surface area (Å²) in [5, 5.41) is 10.4. The van der Waals surface area contributed by atoms with E-state index in [0.717, 1.165) is 17.6 Å². The molecule has 0 aliphatic rings. The van der Waals surface area contributed by atoms with Crippen LogP contribution in [0.4, 0.5) is 13.2 Å². The molecule has 7 nitrogen and oxygen atoms in total. The molecule has 19 heavy (non-hydrogen) atoms. The Bertz CT molecular complexity index is 689. The van der Waals surface area contributed by atoms with Gasteiger partial charge in [-0.2, -0.15) is 22.8 Å². The third-order valence-corrected chi connectivity index (χ3v) is 3.68. The lowest BCUT2D eigenvalue weighted by atomic mass is 10.5. The molecule has 0 spiro atoms. The normalized spacial score (nSPS) is 13.3. The molecule has 0 aliphatic carbocycles. The van der Waals surface area contributed by atoms with Gasteiger partial charge in [0.15, 0.2) is 0 Å². The van der Waals surface area contributed by atoms with Gasteiger partial charge in [0.25, 0.3) is 5.82 Å². The summed E-state index contributed by atoms with van der Waals surface area (Å²) in [6.07, 6.45) is -3.46. The zero-order chi connectivity index (χ0) is 14.3. The van der Waals surface area contributed by atoms with Crippen molar-refractivity contribution in [2.75, 3.05) is 12.8 Å². The van der Waals surface area contributed by atoms with Crippen molar-refractivity contribution in [2.45, 2.75) is 12.6 Å². The lowest BCUT2D eigenvalue weighted by Gasteiger charge is -2.00. The van der Waals surface area contributed by atoms with Gasteiger partial charge in [0.05, 0.1) is 6.26 Å². The van der Waals surface area contributed by atoms with Crippen LogP contribution in [0.2, 0.25) is 0 Å². The smallest absolute Gasteiger partial charge is 0.215 e. The maximum absolute atomic E-state index is 12.5. The van der Waals surface area contributed by atoms with Gasteiger partial charge in [-0.3, -0.25) is 0 Å². The quantitative estimate of drug-likeness (QED) is 0.876. The van der Waals surface area contributed by atoms with Crippen molar-refractivity contribution in [1.82, 2.24) is 24.5 Å². The van der Waals surface area contributed by atoms with E-state index in [1.807, 2.05) is 0 Å². The summed E-state index contributed by atoms with van der Waals surface area (Å²) in [5.74, 6) is -1.19. The fraction of sp³-hybridized carbons (Fsp3) is 0.571. The lowest BCUT2D eigenvalue weighted by molar-refractivity contribution is -0.146. The van der Waals surface area contributed by atoms with Crippen molar-refractivity contribution < 1.29 is 21.6 Å². The second-order valence-corrected chi connectivity index (χ2v) is 6.50. The average molecular weight is 315 g/mol. The minimum Gasteiger partial charge on any atom is -0.215 e. The highest BCUT2D eigenvalue weighted by Crippen LogP contribution is 2.28. The Balaban J connectivity index is 2.17. The van der Waals surface area contributed by atoms with Gasteiger partial charge in [-0.1, -0.05) is 11.3 Å². The molecule has 0 amide bonds. The number of alkyl halides is 3. The Kier molecular flexibility index (Phi) is 3.49. The summed E-state index contributed by atoms with van der Waals surface area (Å²) in [6.45, 7) is 0.0598. The first-order chi connectivity index (χ1) is 8.67. The van der Waals surface area contributed by atoms with Gasteiger partial charge >= 0.3 is 6.18 Å². The Morgan fingerprint density at radius 1 is 1.37 bits per heavy atom. The largest absolute Gasteiger partial charge is 0.453 e. The third-order valence-electron chi connectivity index (χ3n) is 1.99. The number of rotatable bonds is 4. The highest BCUT2D eigenvalue weighted by atomic mass is 32.2. The third kappa shape index (κ3) is 3.39. The van der Waals surface area contributed by atoms with Crippen LogP contribution in [-0.4, -0.2) is 41.0 Å². The van der Waals surface area contributed by atoms with Gasteiger partial charge in [0.2, 0.25) is 15.0 Å². The number of halogens is 3. The van der Waals surface area contributed by atoms with E-state index in [-0.39, 0.29) is 17.9 Å². The molecule has 0 radical (unpaired) electrons. The summed E-state index contributed by atoms with van der Waals surface area (Å²) in [7, 11) is -3.33. The van der Waals surface area contributed by atoms with Crippen LogP contribution < -0.4 is 4.72 Å². The van der Waals surface area contributed by atoms with E-state index in [0.29, 0.717) is 9.52 Å². The number of hydrogen-bond donors (Lipinski definition) is 1. The first kappa shape index (κ1) is 14.1. The predicted octanol–water partition coefficient (Wildman–Crippen LogP) is 0.296. The van der Waals surface area contributed by atoms with Crippen LogP contribution in [-0.2, 0) is 22.6 Å². The van der Waals surface area contributed by atoms with E-state index in [9.17, 15) is 21.6 Å². The summed E-state index contributed by atoms with van der Waals surface area (Å²) in [5.41, 5.74) is 0. The Morgan fingerprint density at radius 3 is 2.63 bits per heavy atom. The van der Waals surface area contributed by atoms with Gasteiger partial charge < -0.3 is 0 Å². The van der Waals surface area contributed by atoms with Gasteiger partial charge in [-0.05, 0) is 0 Å². The molecule has 0 saturated heterocycles. The highest BCUT2D eigenvalue weighted by Gasteiger charge is 2.38. The van der Waals surface area contributed by atoms with Gasteiger partial charge in [-0.15, -0.1) is 10.2 Å². The topological polar surface area (TPSA) is 89.2 Å². The molecule has 2 heterocycles. The monoisotopic (exact) mass is 315 g/mol. The number of hydrogen-bond acceptors (Lipinski definition) is 6. The zero-order valence-electron chi connectivity index (χ0n) is 9.47. The molecule has 0 saturated carbocycles. The maximum atomic E-state index is 12.5. The number of aromatic nitrogens is 4. The zero-order valence-corrected chi connectivity index (χ0v) is 11.1. The van der Waals surface area contributed by atoms with E-state index in [1.54, 1.807) is 0 Å². The van der Waals surface area contributed by atoms with Crippen LogP contribution in [0.15, 0.2) is 0 Å². The Morgan fingerprint density at radius 2 is 2.05 bits per heavy atom. The molecule has 12 heteroatoms. The van der Waals surface area contributed by atoms with E-state index >= 15 is 0 Å². The van der Waals surface area contributed by atoms with Crippen molar-refractivity contribution in [3.05, 3.63) is 10.8 Å². The first-order valence-electron chi connectivity index (χ1n) is 4.90. The molecule has 2 aromatic rings. The molecule has 0 aliphatic heterocycles. The predicted molar refractivity (Wildman–Crippen MR) is 60.2 cm³/mol. The van der Waals surface area contributed by atoms with E-state index in [1.165, 1.54) is 0 Å². The second kappa shape index (κ2) is 4.68. The van der Waals surface area contributed by atoms with Gasteiger partial charge in [0.1, 0.15) is 5.01 Å². The summed E-state index contributed by atoms with van der Waals surface area (Å²) in [4.78, 5) is 0.0154. The van der Waals surface area contributed by atoms with Crippen LogP contribution in [0, 0.1) is 0 Å². The maximum Gasteiger partial charge on any atom is 0.453 e. The minimum atomic E-state index is -4.63. The molecule has 0 fully saturated rings. The molecule has 0 atom stereocenters. The van der Waals surface area contributed by atoms with Crippen molar-refractivity contribution in [3.63, 3.8) is 0 Å². The van der Waals surface area contributed by atoms with Crippen LogP contribution in [0.1, 0.15) is 10.8 Å². The average Bonchev–Trinajstić information content (AvgIpc) is 2.71. The molecule has 0 aromatic carbocycles. The molecule has 106 valence electrons. The van der Waals surface area contributed by atoms with Crippen molar-refractivity contribution >= 4 is 26.3 Å². The minimum absolute atomic E-state index is 0.0154. The molecule has 2 rings (SSSR count). The molecule has 0 bridgehead atoms. The van der Waals surface area contributed by atoms with Crippen molar-refractivity contribution in [3.8, 4) is 0 Å².